The summed E-state index contributed by atoms with van der Waals surface area (Å²) in [6.07, 6.45) is 0. The Balaban J connectivity index is 2.68. The number of hydrogen-bond donors (Lipinski definition) is 2. The monoisotopic (exact) mass is 268 g/mol. The van der Waals surface area contributed by atoms with Gasteiger partial charge in [-0.05, 0) is 18.2 Å². The zero-order valence-corrected chi connectivity index (χ0v) is 10.1. The predicted octanol–water partition coefficient (Wildman–Crippen LogP) is 2.28. The Morgan fingerprint density at radius 1 is 1.56 bits per heavy atom. The third-order valence-electron chi connectivity index (χ3n) is 2.25. The van der Waals surface area contributed by atoms with Crippen molar-refractivity contribution >= 4 is 23.6 Å². The van der Waals surface area contributed by atoms with E-state index in [4.69, 9.17) is 31.6 Å². The van der Waals surface area contributed by atoms with E-state index >= 15 is 0 Å². The topological polar surface area (TPSA) is 98.6 Å². The average molecular weight is 269 g/mol. The largest absolute Gasteiger partial charge is 0.496 e. The highest BCUT2D eigenvalue weighted by Crippen LogP contribution is 2.34. The molecule has 7 heteroatoms. The van der Waals surface area contributed by atoms with Crippen molar-refractivity contribution in [3.8, 4) is 17.0 Å². The van der Waals surface area contributed by atoms with E-state index in [0.29, 0.717) is 16.3 Å². The summed E-state index contributed by atoms with van der Waals surface area (Å²) < 4.78 is 9.96. The van der Waals surface area contributed by atoms with Gasteiger partial charge in [-0.25, -0.2) is 4.79 Å². The van der Waals surface area contributed by atoms with Crippen LogP contribution in [-0.2, 0) is 0 Å². The van der Waals surface area contributed by atoms with Crippen molar-refractivity contribution in [3.05, 3.63) is 29.0 Å². The molecule has 0 unspecified atom stereocenters. The SMILES string of the molecule is COc1ccc(Cl)cc1-c1nc(N)oc1C(=O)O. The van der Waals surface area contributed by atoms with Crippen molar-refractivity contribution in [1.29, 1.82) is 0 Å². The van der Waals surface area contributed by atoms with Crippen LogP contribution in [0.3, 0.4) is 0 Å². The molecule has 0 atom stereocenters. The smallest absolute Gasteiger partial charge is 0.374 e. The quantitative estimate of drug-likeness (QED) is 0.886. The molecule has 1 aromatic heterocycles. The van der Waals surface area contributed by atoms with Gasteiger partial charge in [0.05, 0.1) is 7.11 Å². The fourth-order valence-corrected chi connectivity index (χ4v) is 1.70. The van der Waals surface area contributed by atoms with Crippen LogP contribution >= 0.6 is 11.6 Å². The second kappa shape index (κ2) is 4.58. The number of aromatic nitrogens is 1. The van der Waals surface area contributed by atoms with Gasteiger partial charge in [0.1, 0.15) is 11.4 Å². The average Bonchev–Trinajstić information content (AvgIpc) is 2.71. The maximum Gasteiger partial charge on any atom is 0.374 e. The molecule has 18 heavy (non-hydrogen) atoms. The summed E-state index contributed by atoms with van der Waals surface area (Å²) in [5, 5.41) is 9.43. The maximum absolute atomic E-state index is 11.0. The number of oxazole rings is 1. The van der Waals surface area contributed by atoms with Gasteiger partial charge in [0.2, 0.25) is 5.76 Å². The number of nitrogens with zero attached hydrogens (tertiary/aromatic N) is 1. The highest BCUT2D eigenvalue weighted by atomic mass is 35.5. The molecular formula is C11H9ClN2O4. The van der Waals surface area contributed by atoms with Gasteiger partial charge in [-0.1, -0.05) is 11.6 Å². The van der Waals surface area contributed by atoms with Gasteiger partial charge >= 0.3 is 5.97 Å². The summed E-state index contributed by atoms with van der Waals surface area (Å²) in [6.45, 7) is 0. The Hall–Kier alpha value is -2.21. The van der Waals surface area contributed by atoms with Crippen LogP contribution in [0.4, 0.5) is 6.01 Å². The first-order chi connectivity index (χ1) is 8.52. The lowest BCUT2D eigenvalue weighted by Crippen LogP contribution is -1.98. The van der Waals surface area contributed by atoms with Crippen molar-refractivity contribution in [1.82, 2.24) is 4.98 Å². The number of nitrogens with two attached hydrogens (primary N) is 1. The standard InChI is InChI=1S/C11H9ClN2O4/c1-17-7-3-2-5(12)4-6(7)8-9(10(15)16)18-11(13)14-8/h2-4H,1H3,(H2,13,14)(H,15,16). The van der Waals surface area contributed by atoms with Gasteiger partial charge in [-0.2, -0.15) is 4.98 Å². The van der Waals surface area contributed by atoms with Crippen LogP contribution in [0, 0.1) is 0 Å². The Bertz CT molecular complexity index is 609. The number of methoxy groups -OCH3 is 1. The van der Waals surface area contributed by atoms with Crippen LogP contribution in [0.1, 0.15) is 10.6 Å². The Morgan fingerprint density at radius 3 is 2.89 bits per heavy atom. The van der Waals surface area contributed by atoms with E-state index in [1.165, 1.54) is 13.2 Å². The molecule has 2 rings (SSSR count). The molecule has 0 aliphatic heterocycles. The molecule has 0 saturated carbocycles. The van der Waals surface area contributed by atoms with E-state index < -0.39 is 5.97 Å². The molecule has 1 aromatic carbocycles. The van der Waals surface area contributed by atoms with Crippen LogP contribution in [0.5, 0.6) is 5.75 Å². The first kappa shape index (κ1) is 12.3. The minimum Gasteiger partial charge on any atom is -0.496 e. The first-order valence-electron chi connectivity index (χ1n) is 4.86. The number of ether oxygens (including phenoxy) is 1. The molecule has 0 fully saturated rings. The second-order valence-corrected chi connectivity index (χ2v) is 3.82. The molecule has 0 aliphatic rings. The third kappa shape index (κ3) is 2.10. The van der Waals surface area contributed by atoms with E-state index in [-0.39, 0.29) is 17.5 Å². The normalized spacial score (nSPS) is 10.3. The number of anilines is 1. The molecule has 2 aromatic rings. The molecule has 0 saturated heterocycles. The van der Waals surface area contributed by atoms with E-state index in [9.17, 15) is 4.79 Å². The summed E-state index contributed by atoms with van der Waals surface area (Å²) in [5.41, 5.74) is 5.86. The van der Waals surface area contributed by atoms with Crippen molar-refractivity contribution in [3.63, 3.8) is 0 Å². The summed E-state index contributed by atoms with van der Waals surface area (Å²) in [6, 6.07) is 4.52. The van der Waals surface area contributed by atoms with E-state index in [2.05, 4.69) is 4.98 Å². The number of nitrogen functional groups attached to an aromatic ring is 1. The molecule has 6 nitrogen and oxygen atoms in total. The molecule has 0 bridgehead atoms. The summed E-state index contributed by atoms with van der Waals surface area (Å²) >= 11 is 5.87. The first-order valence-corrected chi connectivity index (χ1v) is 5.24. The van der Waals surface area contributed by atoms with Gasteiger partial charge in [-0.3, -0.25) is 0 Å². The van der Waals surface area contributed by atoms with Crippen molar-refractivity contribution in [2.45, 2.75) is 0 Å². The Labute approximate surface area is 107 Å². The molecule has 1 heterocycles. The second-order valence-electron chi connectivity index (χ2n) is 3.38. The fraction of sp³-hybridized carbons (Fsp3) is 0.0909. The van der Waals surface area contributed by atoms with E-state index in [0.717, 1.165) is 0 Å². The van der Waals surface area contributed by atoms with Crippen molar-refractivity contribution in [2.75, 3.05) is 12.8 Å². The zero-order valence-electron chi connectivity index (χ0n) is 9.31. The van der Waals surface area contributed by atoms with Crippen LogP contribution in [-0.4, -0.2) is 23.2 Å². The lowest BCUT2D eigenvalue weighted by atomic mass is 10.1. The minimum absolute atomic E-state index is 0.0827. The molecular weight excluding hydrogens is 260 g/mol. The number of benzene rings is 1. The fourth-order valence-electron chi connectivity index (χ4n) is 1.53. The Kier molecular flexibility index (Phi) is 3.12. The van der Waals surface area contributed by atoms with Crippen LogP contribution in [0.15, 0.2) is 22.6 Å². The van der Waals surface area contributed by atoms with E-state index in [1.807, 2.05) is 0 Å². The number of hydrogen-bond acceptors (Lipinski definition) is 5. The predicted molar refractivity (Wildman–Crippen MR) is 64.9 cm³/mol. The number of rotatable bonds is 3. The third-order valence-corrected chi connectivity index (χ3v) is 2.49. The molecule has 0 spiro atoms. The summed E-state index contributed by atoms with van der Waals surface area (Å²) in [7, 11) is 1.45. The summed E-state index contributed by atoms with van der Waals surface area (Å²) in [4.78, 5) is 14.9. The summed E-state index contributed by atoms with van der Waals surface area (Å²) in [5.74, 6) is -1.19. The lowest BCUT2D eigenvalue weighted by molar-refractivity contribution is 0.0665. The zero-order chi connectivity index (χ0) is 13.3. The van der Waals surface area contributed by atoms with Gasteiger partial charge in [-0.15, -0.1) is 0 Å². The molecule has 3 N–H and O–H groups in total. The highest BCUT2D eigenvalue weighted by Gasteiger charge is 2.22. The van der Waals surface area contributed by atoms with Crippen molar-refractivity contribution in [2.24, 2.45) is 0 Å². The van der Waals surface area contributed by atoms with Gasteiger partial charge in [0.25, 0.3) is 6.01 Å². The maximum atomic E-state index is 11.0. The number of aromatic carboxylic acids is 1. The van der Waals surface area contributed by atoms with Gasteiger partial charge in [0.15, 0.2) is 0 Å². The number of carbonyl (C=O) groups is 1. The molecule has 94 valence electrons. The molecule has 0 amide bonds. The van der Waals surface area contributed by atoms with Crippen LogP contribution < -0.4 is 10.5 Å². The lowest BCUT2D eigenvalue weighted by Gasteiger charge is -2.06. The molecule has 0 radical (unpaired) electrons. The van der Waals surface area contributed by atoms with Crippen LogP contribution in [0.25, 0.3) is 11.3 Å². The van der Waals surface area contributed by atoms with E-state index in [1.54, 1.807) is 12.1 Å². The van der Waals surface area contributed by atoms with Crippen molar-refractivity contribution < 1.29 is 19.1 Å². The Morgan fingerprint density at radius 2 is 2.28 bits per heavy atom. The number of carboxylic acids is 1. The highest BCUT2D eigenvalue weighted by molar-refractivity contribution is 6.31. The van der Waals surface area contributed by atoms with Crippen LogP contribution in [0.2, 0.25) is 5.02 Å². The van der Waals surface area contributed by atoms with Gasteiger partial charge in [0, 0.05) is 10.6 Å². The molecule has 0 aliphatic carbocycles. The van der Waals surface area contributed by atoms with Gasteiger partial charge < -0.3 is 20.0 Å². The minimum atomic E-state index is -1.27. The number of halogens is 1. The number of carboxylic acid groups (broad SMARTS) is 1.